The summed E-state index contributed by atoms with van der Waals surface area (Å²) in [6.45, 7) is 2.01. The minimum absolute atomic E-state index is 0.0519. The van der Waals surface area contributed by atoms with E-state index < -0.39 is 0 Å². The van der Waals surface area contributed by atoms with Gasteiger partial charge in [-0.2, -0.15) is 0 Å². The van der Waals surface area contributed by atoms with Gasteiger partial charge in [0.05, 0.1) is 0 Å². The van der Waals surface area contributed by atoms with Crippen molar-refractivity contribution in [3.8, 4) is 0 Å². The van der Waals surface area contributed by atoms with E-state index in [0.717, 1.165) is 15.7 Å². The van der Waals surface area contributed by atoms with Crippen molar-refractivity contribution in [3.05, 3.63) is 63.3 Å². The molecule has 2 rings (SSSR count). The van der Waals surface area contributed by atoms with Crippen molar-refractivity contribution in [1.82, 2.24) is 0 Å². The molecule has 1 unspecified atom stereocenters. The predicted octanol–water partition coefficient (Wildman–Crippen LogP) is 5.41. The first-order valence-electron chi connectivity index (χ1n) is 5.53. The molecule has 18 heavy (non-hydrogen) atoms. The maximum Gasteiger partial charge on any atom is 0.123 e. The molecule has 0 saturated carbocycles. The molecule has 0 fully saturated rings. The smallest absolute Gasteiger partial charge is 0.123 e. The molecule has 1 nitrogen and oxygen atoms in total. The van der Waals surface area contributed by atoms with Crippen LogP contribution >= 0.6 is 27.5 Å². The van der Waals surface area contributed by atoms with E-state index >= 15 is 0 Å². The third-order valence-electron chi connectivity index (χ3n) is 2.66. The second-order valence-corrected chi connectivity index (χ2v) is 5.36. The molecule has 0 aliphatic heterocycles. The highest BCUT2D eigenvalue weighted by Gasteiger charge is 2.09. The normalized spacial score (nSPS) is 12.2. The van der Waals surface area contributed by atoms with E-state index in [1.165, 1.54) is 12.1 Å². The van der Waals surface area contributed by atoms with Crippen molar-refractivity contribution in [2.45, 2.75) is 13.0 Å². The first kappa shape index (κ1) is 13.4. The molecule has 0 aliphatic rings. The van der Waals surface area contributed by atoms with E-state index in [4.69, 9.17) is 11.6 Å². The molecule has 1 N–H and O–H groups in total. The lowest BCUT2D eigenvalue weighted by Gasteiger charge is -2.17. The van der Waals surface area contributed by atoms with Gasteiger partial charge < -0.3 is 5.32 Å². The first-order chi connectivity index (χ1) is 8.56. The van der Waals surface area contributed by atoms with Crippen molar-refractivity contribution in [2.24, 2.45) is 0 Å². The van der Waals surface area contributed by atoms with E-state index in [2.05, 4.69) is 21.2 Å². The lowest BCUT2D eigenvalue weighted by Crippen LogP contribution is -2.07. The Morgan fingerprint density at radius 1 is 1.17 bits per heavy atom. The Labute approximate surface area is 119 Å². The van der Waals surface area contributed by atoms with Crippen molar-refractivity contribution in [1.29, 1.82) is 0 Å². The Hall–Kier alpha value is -1.06. The maximum absolute atomic E-state index is 12.8. The summed E-state index contributed by atoms with van der Waals surface area (Å²) < 4.78 is 13.8. The summed E-state index contributed by atoms with van der Waals surface area (Å²) in [6.07, 6.45) is 0. The largest absolute Gasteiger partial charge is 0.378 e. The molecule has 1 atom stereocenters. The van der Waals surface area contributed by atoms with Gasteiger partial charge in [-0.1, -0.05) is 33.6 Å². The van der Waals surface area contributed by atoms with Crippen LogP contribution in [0, 0.1) is 5.82 Å². The summed E-state index contributed by atoms with van der Waals surface area (Å²) in [5, 5.41) is 3.98. The second kappa shape index (κ2) is 5.72. The molecule has 0 radical (unpaired) electrons. The van der Waals surface area contributed by atoms with Gasteiger partial charge in [-0.25, -0.2) is 4.39 Å². The van der Waals surface area contributed by atoms with Crippen LogP contribution in [-0.4, -0.2) is 0 Å². The molecule has 2 aromatic carbocycles. The Morgan fingerprint density at radius 3 is 2.44 bits per heavy atom. The van der Waals surface area contributed by atoms with Crippen LogP contribution in [0.2, 0.25) is 5.02 Å². The second-order valence-electron chi connectivity index (χ2n) is 4.04. The molecular weight excluding hydrogens is 317 g/mol. The zero-order valence-corrected chi connectivity index (χ0v) is 12.1. The van der Waals surface area contributed by atoms with Crippen LogP contribution in [0.3, 0.4) is 0 Å². The highest BCUT2D eigenvalue weighted by Crippen LogP contribution is 2.28. The van der Waals surface area contributed by atoms with E-state index in [0.29, 0.717) is 5.02 Å². The first-order valence-corrected chi connectivity index (χ1v) is 6.70. The van der Waals surface area contributed by atoms with E-state index in [-0.39, 0.29) is 11.9 Å². The van der Waals surface area contributed by atoms with E-state index in [1.807, 2.05) is 25.1 Å². The van der Waals surface area contributed by atoms with Crippen LogP contribution in [0.4, 0.5) is 10.1 Å². The van der Waals surface area contributed by atoms with Gasteiger partial charge >= 0.3 is 0 Å². The van der Waals surface area contributed by atoms with Crippen LogP contribution in [-0.2, 0) is 0 Å². The van der Waals surface area contributed by atoms with Gasteiger partial charge in [-0.3, -0.25) is 0 Å². The fourth-order valence-corrected chi connectivity index (χ4v) is 2.56. The Kier molecular flexibility index (Phi) is 4.25. The van der Waals surface area contributed by atoms with Gasteiger partial charge in [0.2, 0.25) is 0 Å². The third-order valence-corrected chi connectivity index (χ3v) is 3.48. The SMILES string of the molecule is CC(Nc1ccc(F)cc1)c1ccc(Br)cc1Cl. The quantitative estimate of drug-likeness (QED) is 0.794. The number of halogens is 3. The van der Waals surface area contributed by atoms with Crippen LogP contribution in [0.25, 0.3) is 0 Å². The van der Waals surface area contributed by atoms with Crippen LogP contribution in [0.1, 0.15) is 18.5 Å². The molecule has 94 valence electrons. The van der Waals surface area contributed by atoms with Gasteiger partial charge in [-0.15, -0.1) is 0 Å². The Bertz CT molecular complexity index is 542. The molecule has 2 aromatic rings. The minimum Gasteiger partial charge on any atom is -0.378 e. The molecule has 4 heteroatoms. The van der Waals surface area contributed by atoms with Crippen molar-refractivity contribution in [3.63, 3.8) is 0 Å². The fraction of sp³-hybridized carbons (Fsp3) is 0.143. The lowest BCUT2D eigenvalue weighted by molar-refractivity contribution is 0.628. The summed E-state index contributed by atoms with van der Waals surface area (Å²) >= 11 is 9.56. The standard InChI is InChI=1S/C14H12BrClFN/c1-9(13-7-2-10(15)8-14(13)16)18-12-5-3-11(17)4-6-12/h2-9,18H,1H3. The van der Waals surface area contributed by atoms with Crippen molar-refractivity contribution in [2.75, 3.05) is 5.32 Å². The lowest BCUT2D eigenvalue weighted by atomic mass is 10.1. The van der Waals surface area contributed by atoms with Gasteiger partial charge in [0.15, 0.2) is 0 Å². The summed E-state index contributed by atoms with van der Waals surface area (Å²) in [5.41, 5.74) is 1.87. The van der Waals surface area contributed by atoms with Crippen molar-refractivity contribution >= 4 is 33.2 Å². The molecular formula is C14H12BrClFN. The average Bonchev–Trinajstić information content (AvgIpc) is 2.32. The number of rotatable bonds is 3. The van der Waals surface area contributed by atoms with Gasteiger partial charge in [-0.05, 0) is 48.9 Å². The maximum atomic E-state index is 12.8. The van der Waals surface area contributed by atoms with Crippen LogP contribution in [0.15, 0.2) is 46.9 Å². The molecule has 0 aliphatic carbocycles. The van der Waals surface area contributed by atoms with Gasteiger partial charge in [0.25, 0.3) is 0 Å². The molecule has 0 spiro atoms. The Morgan fingerprint density at radius 2 is 1.83 bits per heavy atom. The molecule has 0 heterocycles. The van der Waals surface area contributed by atoms with Crippen molar-refractivity contribution < 1.29 is 4.39 Å². The highest BCUT2D eigenvalue weighted by atomic mass is 79.9. The zero-order chi connectivity index (χ0) is 13.1. The number of anilines is 1. The molecule has 0 amide bonds. The number of hydrogen-bond acceptors (Lipinski definition) is 1. The van der Waals surface area contributed by atoms with Crippen LogP contribution in [0.5, 0.6) is 0 Å². The number of hydrogen-bond donors (Lipinski definition) is 1. The van der Waals surface area contributed by atoms with E-state index in [9.17, 15) is 4.39 Å². The predicted molar refractivity (Wildman–Crippen MR) is 77.6 cm³/mol. The molecule has 0 aromatic heterocycles. The number of benzene rings is 2. The van der Waals surface area contributed by atoms with Gasteiger partial charge in [0, 0.05) is 21.2 Å². The average molecular weight is 329 g/mol. The fourth-order valence-electron chi connectivity index (χ4n) is 1.73. The number of nitrogens with one attached hydrogen (secondary N) is 1. The summed E-state index contributed by atoms with van der Waals surface area (Å²) in [7, 11) is 0. The summed E-state index contributed by atoms with van der Waals surface area (Å²) in [4.78, 5) is 0. The van der Waals surface area contributed by atoms with Gasteiger partial charge in [0.1, 0.15) is 5.82 Å². The third kappa shape index (κ3) is 3.24. The summed E-state index contributed by atoms with van der Waals surface area (Å²) in [6, 6.07) is 12.1. The van der Waals surface area contributed by atoms with E-state index in [1.54, 1.807) is 12.1 Å². The molecule has 0 saturated heterocycles. The zero-order valence-electron chi connectivity index (χ0n) is 9.75. The summed E-state index contributed by atoms with van der Waals surface area (Å²) in [5.74, 6) is -0.241. The van der Waals surface area contributed by atoms with Crippen LogP contribution < -0.4 is 5.32 Å². The minimum atomic E-state index is -0.241. The topological polar surface area (TPSA) is 12.0 Å². The Balaban J connectivity index is 2.16. The monoisotopic (exact) mass is 327 g/mol. The highest BCUT2D eigenvalue weighted by molar-refractivity contribution is 9.10. The molecule has 0 bridgehead atoms.